The fraction of sp³-hybridized carbons (Fsp3) is 0.185. The Kier molecular flexibility index (Phi) is 6.57. The Hall–Kier alpha value is -3.28. The molecule has 1 amide bonds. The molecule has 4 aromatic rings. The van der Waals surface area contributed by atoms with E-state index in [1.807, 2.05) is 48.5 Å². The molecule has 0 aliphatic carbocycles. The third kappa shape index (κ3) is 5.11. The van der Waals surface area contributed by atoms with E-state index >= 15 is 0 Å². The van der Waals surface area contributed by atoms with E-state index in [4.69, 9.17) is 32.9 Å². The number of carbonyl (C=O) groups is 1. The topological polar surface area (TPSA) is 56.2 Å². The molecule has 0 bridgehead atoms. The number of hydrogen-bond acceptors (Lipinski definition) is 3. The Morgan fingerprint density at radius 2 is 1.88 bits per heavy atom. The largest absolute Gasteiger partial charge is 0.457 e. The molecule has 5 nitrogen and oxygen atoms in total. The van der Waals surface area contributed by atoms with E-state index in [2.05, 4.69) is 16.1 Å². The number of imidazole rings is 1. The lowest BCUT2D eigenvalue weighted by atomic mass is 10.1. The molecule has 0 atom stereocenters. The van der Waals surface area contributed by atoms with Gasteiger partial charge >= 0.3 is 0 Å². The van der Waals surface area contributed by atoms with Gasteiger partial charge in [-0.15, -0.1) is 0 Å². The van der Waals surface area contributed by atoms with Crippen molar-refractivity contribution in [3.8, 4) is 22.8 Å². The van der Waals surface area contributed by atoms with Gasteiger partial charge in [0.1, 0.15) is 17.3 Å². The molecule has 1 aromatic heterocycles. The number of carbonyl (C=O) groups excluding carboxylic acids is 1. The van der Waals surface area contributed by atoms with E-state index in [9.17, 15) is 4.79 Å². The standard InChI is InChI=1S/C27H23Cl2N3O2/c28-22-10-8-18(13-23(22)29)14-27(33)30-16-20-15-19(24-17-32-12-4-7-26(32)31-24)9-11-25(20)34-21-5-2-1-3-6-21/h1-3,5-6,8-11,13,15,17H,4,7,12,14,16H2,(H,30,33). The first-order valence-electron chi connectivity index (χ1n) is 11.2. The second-order valence-corrected chi connectivity index (χ2v) is 9.09. The molecule has 0 fully saturated rings. The molecule has 1 N–H and O–H groups in total. The number of halogens is 2. The number of aromatic nitrogens is 2. The van der Waals surface area contributed by atoms with E-state index in [0.29, 0.717) is 22.3 Å². The minimum atomic E-state index is -0.115. The average molecular weight is 492 g/mol. The lowest BCUT2D eigenvalue weighted by molar-refractivity contribution is -0.120. The highest BCUT2D eigenvalue weighted by atomic mass is 35.5. The minimum absolute atomic E-state index is 0.115. The normalized spacial score (nSPS) is 12.4. The predicted octanol–water partition coefficient (Wildman–Crippen LogP) is 6.45. The molecule has 1 aliphatic heterocycles. The monoisotopic (exact) mass is 491 g/mol. The number of hydrogen-bond donors (Lipinski definition) is 1. The first kappa shape index (κ1) is 22.5. The Morgan fingerprint density at radius 1 is 1.03 bits per heavy atom. The second kappa shape index (κ2) is 9.92. The molecule has 3 aromatic carbocycles. The summed E-state index contributed by atoms with van der Waals surface area (Å²) in [4.78, 5) is 17.5. The number of rotatable bonds is 7. The van der Waals surface area contributed by atoms with Crippen molar-refractivity contribution in [1.29, 1.82) is 0 Å². The Balaban J connectivity index is 1.36. The smallest absolute Gasteiger partial charge is 0.224 e. The van der Waals surface area contributed by atoms with Crippen LogP contribution in [0.5, 0.6) is 11.5 Å². The molecular formula is C27H23Cl2N3O2. The van der Waals surface area contributed by atoms with Crippen molar-refractivity contribution in [2.24, 2.45) is 0 Å². The summed E-state index contributed by atoms with van der Waals surface area (Å²) in [7, 11) is 0. The van der Waals surface area contributed by atoms with Crippen molar-refractivity contribution in [2.45, 2.75) is 32.4 Å². The zero-order valence-corrected chi connectivity index (χ0v) is 19.9. The van der Waals surface area contributed by atoms with Crippen LogP contribution in [0.25, 0.3) is 11.3 Å². The molecule has 0 saturated heterocycles. The Bertz CT molecular complexity index is 1310. The number of para-hydroxylation sites is 1. The summed E-state index contributed by atoms with van der Waals surface area (Å²) in [6.45, 7) is 1.33. The van der Waals surface area contributed by atoms with E-state index in [0.717, 1.165) is 53.3 Å². The molecule has 5 rings (SSSR count). The Labute approximate surface area is 208 Å². The van der Waals surface area contributed by atoms with Gasteiger partial charge in [-0.25, -0.2) is 4.98 Å². The number of amides is 1. The van der Waals surface area contributed by atoms with E-state index in [1.54, 1.807) is 18.2 Å². The van der Waals surface area contributed by atoms with Gasteiger partial charge in [0.05, 0.1) is 22.2 Å². The van der Waals surface area contributed by atoms with Crippen molar-refractivity contribution in [3.63, 3.8) is 0 Å². The van der Waals surface area contributed by atoms with Gasteiger partial charge in [-0.3, -0.25) is 4.79 Å². The van der Waals surface area contributed by atoms with Crippen LogP contribution in [0.2, 0.25) is 10.0 Å². The van der Waals surface area contributed by atoms with E-state index < -0.39 is 0 Å². The van der Waals surface area contributed by atoms with E-state index in [-0.39, 0.29) is 12.3 Å². The van der Waals surface area contributed by atoms with Crippen LogP contribution in [0.15, 0.2) is 72.9 Å². The maximum Gasteiger partial charge on any atom is 0.224 e. The van der Waals surface area contributed by atoms with Gasteiger partial charge in [0.15, 0.2) is 0 Å². The first-order chi connectivity index (χ1) is 16.5. The van der Waals surface area contributed by atoms with Crippen LogP contribution in [-0.2, 0) is 30.7 Å². The number of ether oxygens (including phenoxy) is 1. The van der Waals surface area contributed by atoms with Crippen molar-refractivity contribution in [2.75, 3.05) is 0 Å². The number of benzene rings is 3. The minimum Gasteiger partial charge on any atom is -0.457 e. The SMILES string of the molecule is O=C(Cc1ccc(Cl)c(Cl)c1)NCc1cc(-c2cn3c(n2)CCC3)ccc1Oc1ccccc1. The molecule has 2 heterocycles. The van der Waals surface area contributed by atoms with Crippen LogP contribution < -0.4 is 10.1 Å². The Morgan fingerprint density at radius 3 is 2.68 bits per heavy atom. The molecule has 0 saturated carbocycles. The third-order valence-corrected chi connectivity index (χ3v) is 6.55. The lowest BCUT2D eigenvalue weighted by Crippen LogP contribution is -2.24. The summed E-state index contributed by atoms with van der Waals surface area (Å²) >= 11 is 12.1. The van der Waals surface area contributed by atoms with Gasteiger partial charge in [0.2, 0.25) is 5.91 Å². The maximum atomic E-state index is 12.7. The number of aryl methyl sites for hydroxylation is 2. The van der Waals surface area contributed by atoms with Gasteiger partial charge < -0.3 is 14.6 Å². The fourth-order valence-electron chi connectivity index (χ4n) is 4.08. The van der Waals surface area contributed by atoms with Gasteiger partial charge in [-0.2, -0.15) is 0 Å². The zero-order chi connectivity index (χ0) is 23.5. The number of fused-ring (bicyclic) bond motifs is 1. The average Bonchev–Trinajstić information content (AvgIpc) is 3.44. The molecule has 172 valence electrons. The van der Waals surface area contributed by atoms with Crippen molar-refractivity contribution in [1.82, 2.24) is 14.9 Å². The third-order valence-electron chi connectivity index (χ3n) is 5.81. The van der Waals surface area contributed by atoms with Crippen molar-refractivity contribution >= 4 is 29.1 Å². The van der Waals surface area contributed by atoms with Gasteiger partial charge in [0.25, 0.3) is 0 Å². The maximum absolute atomic E-state index is 12.7. The van der Waals surface area contributed by atoms with Gasteiger partial charge in [0, 0.05) is 36.8 Å². The molecular weight excluding hydrogens is 469 g/mol. The van der Waals surface area contributed by atoms with Crippen LogP contribution in [0.4, 0.5) is 0 Å². The molecule has 34 heavy (non-hydrogen) atoms. The summed E-state index contributed by atoms with van der Waals surface area (Å²) in [5.41, 5.74) is 3.60. The quantitative estimate of drug-likeness (QED) is 0.323. The van der Waals surface area contributed by atoms with Crippen molar-refractivity contribution < 1.29 is 9.53 Å². The van der Waals surface area contributed by atoms with Gasteiger partial charge in [-0.1, -0.05) is 47.5 Å². The highest BCUT2D eigenvalue weighted by Gasteiger charge is 2.16. The summed E-state index contributed by atoms with van der Waals surface area (Å²) < 4.78 is 8.34. The van der Waals surface area contributed by atoms with Gasteiger partial charge in [-0.05, 0) is 54.4 Å². The van der Waals surface area contributed by atoms with Crippen LogP contribution in [0.1, 0.15) is 23.4 Å². The van der Waals surface area contributed by atoms with Crippen molar-refractivity contribution in [3.05, 3.63) is 99.9 Å². The lowest BCUT2D eigenvalue weighted by Gasteiger charge is -2.14. The van der Waals surface area contributed by atoms with Crippen LogP contribution in [-0.4, -0.2) is 15.5 Å². The highest BCUT2D eigenvalue weighted by molar-refractivity contribution is 6.42. The number of nitrogens with one attached hydrogen (secondary N) is 1. The number of nitrogens with zero attached hydrogens (tertiary/aromatic N) is 2. The first-order valence-corrected chi connectivity index (χ1v) is 11.9. The fourth-order valence-corrected chi connectivity index (χ4v) is 4.40. The van der Waals surface area contributed by atoms with Crippen LogP contribution in [0.3, 0.4) is 0 Å². The molecule has 0 spiro atoms. The molecule has 7 heteroatoms. The summed E-state index contributed by atoms with van der Waals surface area (Å²) in [5.74, 6) is 2.43. The zero-order valence-electron chi connectivity index (χ0n) is 18.4. The summed E-state index contributed by atoms with van der Waals surface area (Å²) in [6.07, 6.45) is 4.46. The molecule has 0 radical (unpaired) electrons. The highest BCUT2D eigenvalue weighted by Crippen LogP contribution is 2.31. The predicted molar refractivity (Wildman–Crippen MR) is 135 cm³/mol. The second-order valence-electron chi connectivity index (χ2n) is 8.28. The summed E-state index contributed by atoms with van der Waals surface area (Å²) in [5, 5.41) is 3.91. The molecule has 0 unspecified atom stereocenters. The van der Waals surface area contributed by atoms with E-state index in [1.165, 1.54) is 0 Å². The molecule has 1 aliphatic rings. The summed E-state index contributed by atoms with van der Waals surface area (Å²) in [6, 6.07) is 20.8. The van der Waals surface area contributed by atoms with Crippen LogP contribution in [0, 0.1) is 0 Å². The van der Waals surface area contributed by atoms with Crippen LogP contribution >= 0.6 is 23.2 Å².